The third-order valence-electron chi connectivity index (χ3n) is 11.2. The molecule has 9 heteroatoms. The smallest absolute Gasteiger partial charge is 0.409 e. The zero-order chi connectivity index (χ0) is 33.6. The van der Waals surface area contributed by atoms with Gasteiger partial charge in [-0.3, -0.25) is 9.59 Å². The van der Waals surface area contributed by atoms with E-state index in [0.29, 0.717) is 31.6 Å². The molecule has 4 aliphatic rings. The predicted molar refractivity (Wildman–Crippen MR) is 193 cm³/mol. The Morgan fingerprint density at radius 1 is 0.816 bits per heavy atom. The summed E-state index contributed by atoms with van der Waals surface area (Å²) >= 11 is 1.59. The fourth-order valence-corrected chi connectivity index (χ4v) is 9.22. The summed E-state index contributed by atoms with van der Waals surface area (Å²) in [6, 6.07) is 19.8. The van der Waals surface area contributed by atoms with E-state index in [9.17, 15) is 14.4 Å². The minimum Gasteiger partial charge on any atom is -0.448 e. The maximum absolute atomic E-state index is 14.6. The molecule has 2 saturated carbocycles. The van der Waals surface area contributed by atoms with Crippen LogP contribution in [0.2, 0.25) is 0 Å². The lowest BCUT2D eigenvalue weighted by Gasteiger charge is -2.42. The van der Waals surface area contributed by atoms with Crippen LogP contribution in [0.15, 0.2) is 66.0 Å². The van der Waals surface area contributed by atoms with Gasteiger partial charge in [-0.05, 0) is 58.9 Å². The summed E-state index contributed by atoms with van der Waals surface area (Å²) in [4.78, 5) is 46.6. The van der Waals surface area contributed by atoms with Gasteiger partial charge in [0.25, 0.3) is 0 Å². The molecule has 2 heterocycles. The van der Waals surface area contributed by atoms with Crippen molar-refractivity contribution in [3.63, 3.8) is 0 Å². The van der Waals surface area contributed by atoms with Crippen LogP contribution < -0.4 is 10.6 Å². The summed E-state index contributed by atoms with van der Waals surface area (Å²) in [5, 5.41) is 8.86. The van der Waals surface area contributed by atoms with Crippen molar-refractivity contribution in [2.75, 3.05) is 26.2 Å². The Labute approximate surface area is 294 Å². The van der Waals surface area contributed by atoms with E-state index in [2.05, 4.69) is 34.9 Å². The molecule has 2 atom stereocenters. The van der Waals surface area contributed by atoms with E-state index in [-0.39, 0.29) is 36.9 Å². The second-order valence-corrected chi connectivity index (χ2v) is 15.4. The molecule has 1 aliphatic heterocycles. The van der Waals surface area contributed by atoms with Gasteiger partial charge < -0.3 is 25.2 Å². The average molecular weight is 683 g/mol. The Bertz CT molecular complexity index is 1520. The van der Waals surface area contributed by atoms with E-state index in [4.69, 9.17) is 4.74 Å². The second-order valence-electron chi connectivity index (χ2n) is 14.4. The van der Waals surface area contributed by atoms with Crippen molar-refractivity contribution in [1.29, 1.82) is 0 Å². The van der Waals surface area contributed by atoms with Gasteiger partial charge in [0.1, 0.15) is 12.6 Å². The van der Waals surface area contributed by atoms with Crippen molar-refractivity contribution >= 4 is 29.2 Å². The van der Waals surface area contributed by atoms with E-state index in [0.717, 1.165) is 48.1 Å². The standard InChI is InChI=1S/C40H50N4O4S/c45-38(41-25-30-16-11-23-49-30)37-26-43(40(47)48-27-35-33-19-9-7-17-31(33)32-18-8-10-20-34(32)35)21-22-44(37)39(46)36(24-28-12-3-1-4-13-28)42-29-14-5-2-6-15-29/h7-11,16-20,23,28-29,35-37,42H,1-6,12-15,21-22,24-27H2,(H,41,45)/t36?,37-/m0/s1. The molecule has 8 nitrogen and oxygen atoms in total. The average Bonchev–Trinajstić information content (AvgIpc) is 3.79. The number of ether oxygens (including phenoxy) is 1. The lowest BCUT2D eigenvalue weighted by atomic mass is 9.83. The summed E-state index contributed by atoms with van der Waals surface area (Å²) in [6.07, 6.45) is 12.2. The molecule has 1 aromatic heterocycles. The SMILES string of the molecule is O=C(NCc1cccs1)[C@@H]1CN(C(=O)OCC2c3ccccc3-c3ccccc32)CCN1C(=O)C(CC1CCCCC1)NC1CCCCC1. The van der Waals surface area contributed by atoms with Gasteiger partial charge in [-0.2, -0.15) is 0 Å². The van der Waals surface area contributed by atoms with Crippen LogP contribution in [0.4, 0.5) is 4.79 Å². The first kappa shape index (κ1) is 33.8. The maximum atomic E-state index is 14.6. The van der Waals surface area contributed by atoms with Crippen LogP contribution in [-0.4, -0.2) is 72.1 Å². The van der Waals surface area contributed by atoms with E-state index in [1.165, 1.54) is 49.7 Å². The van der Waals surface area contributed by atoms with Crippen LogP contribution in [0.25, 0.3) is 11.1 Å². The van der Waals surface area contributed by atoms with E-state index in [1.54, 1.807) is 21.1 Å². The minimum atomic E-state index is -0.788. The Morgan fingerprint density at radius 2 is 1.49 bits per heavy atom. The van der Waals surface area contributed by atoms with E-state index < -0.39 is 12.1 Å². The molecule has 49 heavy (non-hydrogen) atoms. The van der Waals surface area contributed by atoms with Crippen LogP contribution in [0.1, 0.15) is 92.6 Å². The quantitative estimate of drug-likeness (QED) is 0.239. The van der Waals surface area contributed by atoms with Crippen molar-refractivity contribution in [1.82, 2.24) is 20.4 Å². The first-order valence-corrected chi connectivity index (χ1v) is 19.4. The van der Waals surface area contributed by atoms with E-state index in [1.807, 2.05) is 41.8 Å². The highest BCUT2D eigenvalue weighted by Gasteiger charge is 2.41. The number of thiophene rings is 1. The Balaban J connectivity index is 1.06. The minimum absolute atomic E-state index is 0.000363. The van der Waals surface area contributed by atoms with E-state index >= 15 is 0 Å². The van der Waals surface area contributed by atoms with Gasteiger partial charge >= 0.3 is 6.09 Å². The van der Waals surface area contributed by atoms with Crippen molar-refractivity contribution in [3.05, 3.63) is 82.0 Å². The summed E-state index contributed by atoms with van der Waals surface area (Å²) < 4.78 is 6.01. The predicted octanol–water partition coefficient (Wildman–Crippen LogP) is 7.09. The van der Waals surface area contributed by atoms with Crippen LogP contribution >= 0.6 is 11.3 Å². The lowest BCUT2D eigenvalue weighted by molar-refractivity contribution is -0.146. The highest BCUT2D eigenvalue weighted by molar-refractivity contribution is 7.09. The normalized spacial score (nSPS) is 20.8. The van der Waals surface area contributed by atoms with Crippen molar-refractivity contribution in [2.24, 2.45) is 5.92 Å². The van der Waals surface area contributed by atoms with Gasteiger partial charge in [0.05, 0.1) is 19.1 Å². The number of fused-ring (bicyclic) bond motifs is 3. The van der Waals surface area contributed by atoms with Crippen LogP contribution in [-0.2, 0) is 20.9 Å². The van der Waals surface area contributed by atoms with Gasteiger partial charge in [-0.25, -0.2) is 4.79 Å². The number of nitrogens with one attached hydrogen (secondary N) is 2. The van der Waals surface area contributed by atoms with Gasteiger partial charge in [-0.1, -0.05) is 106 Å². The van der Waals surface area contributed by atoms with Crippen LogP contribution in [0.5, 0.6) is 0 Å². The highest BCUT2D eigenvalue weighted by atomic mass is 32.1. The molecule has 7 rings (SSSR count). The first-order chi connectivity index (χ1) is 24.0. The molecule has 2 aromatic carbocycles. The molecular weight excluding hydrogens is 633 g/mol. The number of hydrogen-bond acceptors (Lipinski definition) is 6. The first-order valence-electron chi connectivity index (χ1n) is 18.5. The van der Waals surface area contributed by atoms with Crippen LogP contribution in [0.3, 0.4) is 0 Å². The summed E-state index contributed by atoms with van der Waals surface area (Å²) in [5.41, 5.74) is 4.68. The summed E-state index contributed by atoms with van der Waals surface area (Å²) in [7, 11) is 0. The molecule has 2 N–H and O–H groups in total. The molecule has 0 bridgehead atoms. The number of carbonyl (C=O) groups excluding carboxylic acids is 3. The number of rotatable bonds is 10. The number of carbonyl (C=O) groups is 3. The van der Waals surface area contributed by atoms with Crippen LogP contribution in [0, 0.1) is 5.92 Å². The Kier molecular flexibility index (Phi) is 11.0. The zero-order valence-electron chi connectivity index (χ0n) is 28.5. The Hall–Kier alpha value is -3.69. The molecule has 3 amide bonds. The number of benzene rings is 2. The third kappa shape index (κ3) is 7.88. The molecule has 3 aliphatic carbocycles. The molecule has 3 aromatic rings. The summed E-state index contributed by atoms with van der Waals surface area (Å²) in [6.45, 7) is 1.35. The fraction of sp³-hybridized carbons (Fsp3) is 0.525. The number of amides is 3. The third-order valence-corrected chi connectivity index (χ3v) is 12.1. The molecule has 1 saturated heterocycles. The van der Waals surface area contributed by atoms with Gasteiger partial charge in [0.15, 0.2) is 0 Å². The second kappa shape index (κ2) is 15.9. The topological polar surface area (TPSA) is 91.0 Å². The van der Waals surface area contributed by atoms with Crippen molar-refractivity contribution < 1.29 is 19.1 Å². The monoisotopic (exact) mass is 682 g/mol. The van der Waals surface area contributed by atoms with Gasteiger partial charge in [0, 0.05) is 29.9 Å². The number of piperazine rings is 1. The number of hydrogen-bond donors (Lipinski definition) is 2. The molecule has 0 radical (unpaired) electrons. The molecule has 260 valence electrons. The molecule has 0 spiro atoms. The number of nitrogens with zero attached hydrogens (tertiary/aromatic N) is 2. The van der Waals surface area contributed by atoms with Crippen molar-refractivity contribution in [2.45, 2.75) is 101 Å². The zero-order valence-corrected chi connectivity index (χ0v) is 29.3. The largest absolute Gasteiger partial charge is 0.448 e. The molecule has 3 fully saturated rings. The molecular formula is C40H50N4O4S. The highest BCUT2D eigenvalue weighted by Crippen LogP contribution is 2.44. The maximum Gasteiger partial charge on any atom is 0.409 e. The fourth-order valence-electron chi connectivity index (χ4n) is 8.58. The van der Waals surface area contributed by atoms with Gasteiger partial charge in [-0.15, -0.1) is 11.3 Å². The molecule has 1 unspecified atom stereocenters. The van der Waals surface area contributed by atoms with Crippen molar-refractivity contribution in [3.8, 4) is 11.1 Å². The lowest BCUT2D eigenvalue weighted by Crippen LogP contribution is -2.64. The van der Waals surface area contributed by atoms with Gasteiger partial charge in [0.2, 0.25) is 11.8 Å². The Morgan fingerprint density at radius 3 is 2.16 bits per heavy atom. The summed E-state index contributed by atoms with van der Waals surface area (Å²) in [5.74, 6) is 0.245.